The number of rotatable bonds is 6. The predicted octanol–water partition coefficient (Wildman–Crippen LogP) is 4.28. The molecule has 0 saturated heterocycles. The number of aromatic nitrogens is 4. The zero-order valence-electron chi connectivity index (χ0n) is 14.4. The van der Waals surface area contributed by atoms with Gasteiger partial charge in [-0.3, -0.25) is 9.89 Å². The van der Waals surface area contributed by atoms with E-state index in [4.69, 9.17) is 0 Å². The molecule has 3 N–H and O–H groups in total. The maximum atomic E-state index is 12.1. The van der Waals surface area contributed by atoms with Crippen molar-refractivity contribution in [2.75, 3.05) is 5.32 Å². The molecule has 4 rings (SSSR count). The maximum absolute atomic E-state index is 12.1. The Morgan fingerprint density at radius 3 is 2.92 bits per heavy atom. The van der Waals surface area contributed by atoms with Crippen LogP contribution in [0.4, 0.5) is 5.82 Å². The first-order valence-corrected chi connectivity index (χ1v) is 9.35. The Balaban J connectivity index is 1.29. The van der Waals surface area contributed by atoms with Gasteiger partial charge in [-0.05, 0) is 37.6 Å². The number of fused-ring (bicyclic) bond motifs is 1. The highest BCUT2D eigenvalue weighted by atomic mass is 32.1. The van der Waals surface area contributed by atoms with Gasteiger partial charge in [-0.2, -0.15) is 5.10 Å². The Kier molecular flexibility index (Phi) is 4.53. The molecule has 0 aliphatic heterocycles. The molecule has 0 aliphatic rings. The van der Waals surface area contributed by atoms with Crippen LogP contribution in [0.15, 0.2) is 42.5 Å². The molecule has 0 aliphatic carbocycles. The third-order valence-corrected chi connectivity index (χ3v) is 5.14. The first-order valence-electron chi connectivity index (χ1n) is 8.53. The maximum Gasteiger partial charge on any atom is 0.225 e. The van der Waals surface area contributed by atoms with Crippen molar-refractivity contribution in [1.29, 1.82) is 0 Å². The molecule has 3 heterocycles. The molecule has 0 atom stereocenters. The SMILES string of the molecule is Cc1ccc(-c2cc(NC(=O)CCCc3nc4ccccc4[nH]3)n[nH]2)s1. The number of H-pyrrole nitrogens is 2. The first-order chi connectivity index (χ1) is 12.7. The van der Waals surface area contributed by atoms with E-state index in [1.54, 1.807) is 11.3 Å². The molecule has 132 valence electrons. The second-order valence-electron chi connectivity index (χ2n) is 6.18. The summed E-state index contributed by atoms with van der Waals surface area (Å²) in [5.74, 6) is 1.43. The van der Waals surface area contributed by atoms with E-state index in [0.29, 0.717) is 12.2 Å². The minimum absolute atomic E-state index is 0.0403. The fraction of sp³-hybridized carbons (Fsp3) is 0.211. The van der Waals surface area contributed by atoms with Crippen molar-refractivity contribution in [3.05, 3.63) is 53.2 Å². The van der Waals surface area contributed by atoms with Crippen LogP contribution in [0, 0.1) is 6.92 Å². The monoisotopic (exact) mass is 365 g/mol. The van der Waals surface area contributed by atoms with Gasteiger partial charge in [-0.25, -0.2) is 4.98 Å². The highest BCUT2D eigenvalue weighted by molar-refractivity contribution is 7.15. The number of thiophene rings is 1. The van der Waals surface area contributed by atoms with E-state index in [0.717, 1.165) is 40.3 Å². The fourth-order valence-corrected chi connectivity index (χ4v) is 3.67. The summed E-state index contributed by atoms with van der Waals surface area (Å²) in [6.45, 7) is 2.06. The predicted molar refractivity (Wildman–Crippen MR) is 104 cm³/mol. The largest absolute Gasteiger partial charge is 0.342 e. The number of hydrogen-bond acceptors (Lipinski definition) is 4. The number of aryl methyl sites for hydroxylation is 2. The molecule has 6 nitrogen and oxygen atoms in total. The Hall–Kier alpha value is -2.93. The van der Waals surface area contributed by atoms with Crippen LogP contribution in [-0.4, -0.2) is 26.1 Å². The molecular formula is C19H19N5OS. The number of nitrogens with one attached hydrogen (secondary N) is 3. The quantitative estimate of drug-likeness (QED) is 0.476. The van der Waals surface area contributed by atoms with Gasteiger partial charge in [0.05, 0.1) is 21.6 Å². The summed E-state index contributed by atoms with van der Waals surface area (Å²) in [4.78, 5) is 22.3. The fourth-order valence-electron chi connectivity index (χ4n) is 2.84. The lowest BCUT2D eigenvalue weighted by atomic mass is 10.2. The number of carbonyl (C=O) groups is 1. The van der Waals surface area contributed by atoms with Crippen LogP contribution in [0.5, 0.6) is 0 Å². The van der Waals surface area contributed by atoms with Crippen molar-refractivity contribution in [3.8, 4) is 10.6 Å². The van der Waals surface area contributed by atoms with Gasteiger partial charge >= 0.3 is 0 Å². The molecule has 0 spiro atoms. The molecular weight excluding hydrogens is 346 g/mol. The summed E-state index contributed by atoms with van der Waals surface area (Å²) < 4.78 is 0. The Morgan fingerprint density at radius 2 is 2.12 bits per heavy atom. The average molecular weight is 365 g/mol. The summed E-state index contributed by atoms with van der Waals surface area (Å²) in [6.07, 6.45) is 1.90. The van der Waals surface area contributed by atoms with Gasteiger partial charge < -0.3 is 10.3 Å². The second-order valence-corrected chi connectivity index (χ2v) is 7.47. The van der Waals surface area contributed by atoms with Gasteiger partial charge in [0.25, 0.3) is 0 Å². The van der Waals surface area contributed by atoms with E-state index < -0.39 is 0 Å². The summed E-state index contributed by atoms with van der Waals surface area (Å²) in [7, 11) is 0. The van der Waals surface area contributed by atoms with Gasteiger partial charge in [-0.1, -0.05) is 12.1 Å². The molecule has 26 heavy (non-hydrogen) atoms. The van der Waals surface area contributed by atoms with E-state index in [9.17, 15) is 4.79 Å². The number of para-hydroxylation sites is 2. The van der Waals surface area contributed by atoms with E-state index in [2.05, 4.69) is 38.5 Å². The molecule has 1 aromatic carbocycles. The van der Waals surface area contributed by atoms with Gasteiger partial charge in [0.2, 0.25) is 5.91 Å². The summed E-state index contributed by atoms with van der Waals surface area (Å²) in [5, 5.41) is 9.98. The minimum Gasteiger partial charge on any atom is -0.342 e. The second kappa shape index (κ2) is 7.13. The smallest absolute Gasteiger partial charge is 0.225 e. The van der Waals surface area contributed by atoms with Crippen LogP contribution in [0.2, 0.25) is 0 Å². The van der Waals surface area contributed by atoms with Crippen LogP contribution < -0.4 is 5.32 Å². The number of anilines is 1. The zero-order chi connectivity index (χ0) is 17.9. The molecule has 0 unspecified atom stereocenters. The van der Waals surface area contributed by atoms with Crippen molar-refractivity contribution >= 4 is 34.1 Å². The van der Waals surface area contributed by atoms with Crippen molar-refractivity contribution in [1.82, 2.24) is 20.2 Å². The summed E-state index contributed by atoms with van der Waals surface area (Å²) >= 11 is 1.69. The number of imidazole rings is 1. The standard InChI is InChI=1S/C19H19N5OS/c1-12-9-10-16(26-12)15-11-18(24-23-15)22-19(25)8-4-7-17-20-13-5-2-3-6-14(13)21-17/h2-3,5-6,9-11H,4,7-8H2,1H3,(H,20,21)(H2,22,23,24,25). The highest BCUT2D eigenvalue weighted by Crippen LogP contribution is 2.27. The molecule has 0 bridgehead atoms. The average Bonchev–Trinajstić information content (AvgIpc) is 3.33. The Bertz CT molecular complexity index is 1010. The number of nitrogens with zero attached hydrogens (tertiary/aromatic N) is 2. The van der Waals surface area contributed by atoms with Crippen molar-refractivity contribution in [3.63, 3.8) is 0 Å². The minimum atomic E-state index is -0.0403. The van der Waals surface area contributed by atoms with Gasteiger partial charge in [0.15, 0.2) is 5.82 Å². The number of carbonyl (C=O) groups excluding carboxylic acids is 1. The summed E-state index contributed by atoms with van der Waals surface area (Å²) in [5.41, 5.74) is 2.90. The molecule has 0 fully saturated rings. The summed E-state index contributed by atoms with van der Waals surface area (Å²) in [6, 6.07) is 13.9. The van der Waals surface area contributed by atoms with Gasteiger partial charge in [-0.15, -0.1) is 11.3 Å². The van der Waals surface area contributed by atoms with Crippen molar-refractivity contribution < 1.29 is 4.79 Å². The number of aromatic amines is 2. The topological polar surface area (TPSA) is 86.5 Å². The number of amides is 1. The van der Waals surface area contributed by atoms with E-state index >= 15 is 0 Å². The third-order valence-electron chi connectivity index (χ3n) is 4.11. The van der Waals surface area contributed by atoms with E-state index in [-0.39, 0.29) is 5.91 Å². The van der Waals surface area contributed by atoms with Crippen LogP contribution in [-0.2, 0) is 11.2 Å². The zero-order valence-corrected chi connectivity index (χ0v) is 15.2. The normalized spacial score (nSPS) is 11.1. The first kappa shape index (κ1) is 16.5. The van der Waals surface area contributed by atoms with E-state index in [1.807, 2.05) is 36.4 Å². The van der Waals surface area contributed by atoms with Crippen LogP contribution >= 0.6 is 11.3 Å². The van der Waals surface area contributed by atoms with Crippen LogP contribution in [0.1, 0.15) is 23.5 Å². The lowest BCUT2D eigenvalue weighted by Crippen LogP contribution is -2.11. The number of hydrogen-bond donors (Lipinski definition) is 3. The Morgan fingerprint density at radius 1 is 1.23 bits per heavy atom. The van der Waals surface area contributed by atoms with E-state index in [1.165, 1.54) is 4.88 Å². The molecule has 4 aromatic rings. The van der Waals surface area contributed by atoms with Crippen molar-refractivity contribution in [2.45, 2.75) is 26.2 Å². The molecule has 3 aromatic heterocycles. The third kappa shape index (κ3) is 3.67. The molecule has 7 heteroatoms. The highest BCUT2D eigenvalue weighted by Gasteiger charge is 2.09. The molecule has 1 amide bonds. The van der Waals surface area contributed by atoms with Crippen LogP contribution in [0.25, 0.3) is 21.6 Å². The Labute approximate surface area is 154 Å². The molecule has 0 radical (unpaired) electrons. The van der Waals surface area contributed by atoms with Gasteiger partial charge in [0.1, 0.15) is 5.82 Å². The van der Waals surface area contributed by atoms with Crippen LogP contribution in [0.3, 0.4) is 0 Å². The number of benzene rings is 1. The van der Waals surface area contributed by atoms with Gasteiger partial charge in [0, 0.05) is 23.8 Å². The van der Waals surface area contributed by atoms with Crippen molar-refractivity contribution in [2.24, 2.45) is 0 Å². The lowest BCUT2D eigenvalue weighted by molar-refractivity contribution is -0.116. The lowest BCUT2D eigenvalue weighted by Gasteiger charge is -2.00. The molecule has 0 saturated carbocycles.